The van der Waals surface area contributed by atoms with Gasteiger partial charge in [0.25, 0.3) is 0 Å². The van der Waals surface area contributed by atoms with Crippen LogP contribution in [0.5, 0.6) is 0 Å². The molecule has 1 aliphatic rings. The van der Waals surface area contributed by atoms with Gasteiger partial charge in [0, 0.05) is 0 Å². The van der Waals surface area contributed by atoms with Crippen LogP contribution in [-0.2, 0) is 0 Å². The van der Waals surface area contributed by atoms with Crippen molar-refractivity contribution in [2.45, 2.75) is 35.3 Å². The van der Waals surface area contributed by atoms with Crippen LogP contribution in [0.3, 0.4) is 0 Å². The molecule has 2 unspecified atom stereocenters. The molecule has 1 aliphatic carbocycles. The smallest absolute Gasteiger partial charge is 0.116 e. The normalized spacial score (nSPS) is 45.0. The summed E-state index contributed by atoms with van der Waals surface area (Å²) in [5.74, 6) is 0. The molecule has 9 heavy (non-hydrogen) atoms. The van der Waals surface area contributed by atoms with Gasteiger partial charge < -0.3 is 0 Å². The molecule has 0 nitrogen and oxygen atoms in total. The number of rotatable bonds is 0. The lowest BCUT2D eigenvalue weighted by Crippen LogP contribution is -2.29. The van der Waals surface area contributed by atoms with Gasteiger partial charge in [-0.15, -0.1) is 23.2 Å². The summed E-state index contributed by atoms with van der Waals surface area (Å²) >= 11 is 16.8. The summed E-state index contributed by atoms with van der Waals surface area (Å²) in [4.78, 5) is 0. The molecule has 1 radical (unpaired) electrons. The van der Waals surface area contributed by atoms with Crippen LogP contribution in [-0.4, -0.2) is 9.58 Å². The van der Waals surface area contributed by atoms with Crippen LogP contribution in [0.2, 0.25) is 0 Å². The Kier molecular flexibility index (Phi) is 2.58. The van der Waals surface area contributed by atoms with Gasteiger partial charge in [-0.25, -0.2) is 0 Å². The zero-order valence-corrected chi connectivity index (χ0v) is 7.40. The van der Waals surface area contributed by atoms with Gasteiger partial charge in [0.05, 0.1) is 5.38 Å². The number of halogens is 2. The third kappa shape index (κ3) is 1.92. The Morgan fingerprint density at radius 3 is 2.44 bits per heavy atom. The summed E-state index contributed by atoms with van der Waals surface area (Å²) in [6.45, 7) is 0. The first kappa shape index (κ1) is 8.03. The standard InChI is InChI=1S/C6H9Cl2S/c7-5-3-1-2-4-6(5,8)9/h5H,1-4H2. The SMILES string of the molecule is [S]C1(Cl)CCCCC1Cl. The van der Waals surface area contributed by atoms with Crippen LogP contribution >= 0.6 is 35.8 Å². The molecule has 1 rings (SSSR count). The van der Waals surface area contributed by atoms with Crippen molar-refractivity contribution in [1.82, 2.24) is 0 Å². The molecule has 0 aliphatic heterocycles. The van der Waals surface area contributed by atoms with Gasteiger partial charge in [-0.3, -0.25) is 0 Å². The summed E-state index contributed by atoms with van der Waals surface area (Å²) in [6, 6.07) is 0. The second-order valence-corrected chi connectivity index (χ2v) is 4.65. The van der Waals surface area contributed by atoms with Gasteiger partial charge in [0.2, 0.25) is 0 Å². The molecule has 0 saturated heterocycles. The number of hydrogen-bond acceptors (Lipinski definition) is 0. The number of hydrogen-bond donors (Lipinski definition) is 0. The number of alkyl halides is 2. The molecule has 0 N–H and O–H groups in total. The minimum atomic E-state index is -0.542. The summed E-state index contributed by atoms with van der Waals surface area (Å²) in [7, 11) is 0. The molecule has 1 fully saturated rings. The zero-order valence-electron chi connectivity index (χ0n) is 5.07. The van der Waals surface area contributed by atoms with Gasteiger partial charge in [0.15, 0.2) is 0 Å². The molecular formula is C6H9Cl2S. The van der Waals surface area contributed by atoms with Crippen molar-refractivity contribution >= 4 is 35.8 Å². The average Bonchev–Trinajstić information content (AvgIpc) is 1.77. The Hall–Kier alpha value is 0.930. The van der Waals surface area contributed by atoms with E-state index < -0.39 is 4.21 Å². The summed E-state index contributed by atoms with van der Waals surface area (Å²) in [5, 5.41) is 0.00270. The van der Waals surface area contributed by atoms with E-state index >= 15 is 0 Å². The zero-order chi connectivity index (χ0) is 6.91. The molecule has 0 aromatic heterocycles. The summed E-state index contributed by atoms with van der Waals surface area (Å²) in [6.07, 6.45) is 4.18. The van der Waals surface area contributed by atoms with Crippen LogP contribution in [0, 0.1) is 0 Å². The molecular weight excluding hydrogens is 175 g/mol. The average molecular weight is 184 g/mol. The molecule has 1 saturated carbocycles. The quantitative estimate of drug-likeness (QED) is 0.506. The third-order valence-corrected chi connectivity index (χ3v) is 3.47. The fraction of sp³-hybridized carbons (Fsp3) is 1.00. The predicted molar refractivity (Wildman–Crippen MR) is 44.3 cm³/mol. The van der Waals surface area contributed by atoms with Gasteiger partial charge >= 0.3 is 0 Å². The molecule has 2 atom stereocenters. The first-order valence-electron chi connectivity index (χ1n) is 3.16. The summed E-state index contributed by atoms with van der Waals surface area (Å²) in [5.41, 5.74) is 0. The highest BCUT2D eigenvalue weighted by Gasteiger charge is 2.34. The topological polar surface area (TPSA) is 0 Å². The van der Waals surface area contributed by atoms with Crippen molar-refractivity contribution in [3.8, 4) is 0 Å². The van der Waals surface area contributed by atoms with Crippen LogP contribution in [0.15, 0.2) is 0 Å². The highest BCUT2D eigenvalue weighted by Crippen LogP contribution is 2.40. The Balaban J connectivity index is 2.49. The molecule has 3 heteroatoms. The second-order valence-electron chi connectivity index (χ2n) is 2.50. The maximum absolute atomic E-state index is 5.91. The Morgan fingerprint density at radius 1 is 1.44 bits per heavy atom. The Labute approximate surface area is 71.3 Å². The van der Waals surface area contributed by atoms with E-state index in [1.54, 1.807) is 0 Å². The lowest BCUT2D eigenvalue weighted by atomic mass is 9.99. The molecule has 0 aromatic rings. The molecule has 53 valence electrons. The highest BCUT2D eigenvalue weighted by molar-refractivity contribution is 7.83. The second kappa shape index (κ2) is 2.89. The minimum Gasteiger partial charge on any atom is -0.120 e. The van der Waals surface area contributed by atoms with Crippen LogP contribution in [0.1, 0.15) is 25.7 Å². The van der Waals surface area contributed by atoms with Crippen LogP contribution in [0.4, 0.5) is 0 Å². The van der Waals surface area contributed by atoms with Crippen LogP contribution in [0.25, 0.3) is 0 Å². The van der Waals surface area contributed by atoms with Crippen LogP contribution < -0.4 is 0 Å². The predicted octanol–water partition coefficient (Wildman–Crippen LogP) is 3.30. The van der Waals surface area contributed by atoms with Gasteiger partial charge in [-0.05, 0) is 12.8 Å². The fourth-order valence-electron chi connectivity index (χ4n) is 1.06. The van der Waals surface area contributed by atoms with E-state index in [4.69, 9.17) is 35.8 Å². The maximum atomic E-state index is 5.91. The first-order chi connectivity index (χ1) is 4.13. The van der Waals surface area contributed by atoms with E-state index in [9.17, 15) is 0 Å². The molecule has 0 aromatic carbocycles. The monoisotopic (exact) mass is 183 g/mol. The van der Waals surface area contributed by atoms with E-state index in [1.807, 2.05) is 0 Å². The molecule has 0 spiro atoms. The van der Waals surface area contributed by atoms with E-state index in [2.05, 4.69) is 0 Å². The van der Waals surface area contributed by atoms with Gasteiger partial charge in [0.1, 0.15) is 4.21 Å². The van der Waals surface area contributed by atoms with Crippen molar-refractivity contribution in [3.05, 3.63) is 0 Å². The van der Waals surface area contributed by atoms with Crippen molar-refractivity contribution in [3.63, 3.8) is 0 Å². The van der Waals surface area contributed by atoms with E-state index in [-0.39, 0.29) is 5.38 Å². The van der Waals surface area contributed by atoms with Crippen molar-refractivity contribution in [2.75, 3.05) is 0 Å². The lowest BCUT2D eigenvalue weighted by Gasteiger charge is -2.29. The summed E-state index contributed by atoms with van der Waals surface area (Å²) < 4.78 is -0.542. The fourth-order valence-corrected chi connectivity index (χ4v) is 1.83. The van der Waals surface area contributed by atoms with Gasteiger partial charge in [-0.1, -0.05) is 25.5 Å². The van der Waals surface area contributed by atoms with Crippen molar-refractivity contribution in [1.29, 1.82) is 0 Å². The third-order valence-electron chi connectivity index (χ3n) is 1.69. The van der Waals surface area contributed by atoms with E-state index in [0.717, 1.165) is 19.3 Å². The Morgan fingerprint density at radius 2 is 2.11 bits per heavy atom. The molecule has 0 amide bonds. The molecule has 0 heterocycles. The Bertz CT molecular complexity index is 103. The van der Waals surface area contributed by atoms with Gasteiger partial charge in [-0.2, -0.15) is 0 Å². The van der Waals surface area contributed by atoms with Crippen molar-refractivity contribution in [2.24, 2.45) is 0 Å². The largest absolute Gasteiger partial charge is 0.120 e. The lowest BCUT2D eigenvalue weighted by molar-refractivity contribution is 0.494. The van der Waals surface area contributed by atoms with E-state index in [1.165, 1.54) is 6.42 Å². The first-order valence-corrected chi connectivity index (χ1v) is 4.38. The minimum absolute atomic E-state index is 0.00270. The van der Waals surface area contributed by atoms with E-state index in [0.29, 0.717) is 0 Å². The van der Waals surface area contributed by atoms with Crippen molar-refractivity contribution < 1.29 is 0 Å². The maximum Gasteiger partial charge on any atom is 0.116 e. The highest BCUT2D eigenvalue weighted by atomic mass is 35.5. The molecule has 0 bridgehead atoms.